The van der Waals surface area contributed by atoms with Gasteiger partial charge in [-0.2, -0.15) is 15.8 Å². The van der Waals surface area contributed by atoms with Gasteiger partial charge in [0, 0.05) is 54.6 Å². The lowest BCUT2D eigenvalue weighted by molar-refractivity contribution is 1.15. The van der Waals surface area contributed by atoms with E-state index in [1.54, 1.807) is 12.1 Å². The minimum Gasteiger partial charge on any atom is -0.805 e. The topological polar surface area (TPSA) is 109 Å². The monoisotopic (exact) mass is 663 g/mol. The molecule has 0 spiro atoms. The normalized spacial score (nSPS) is 11.5. The summed E-state index contributed by atoms with van der Waals surface area (Å²) >= 11 is 0. The predicted molar refractivity (Wildman–Crippen MR) is 206 cm³/mol. The third-order valence-corrected chi connectivity index (χ3v) is 10.3. The van der Waals surface area contributed by atoms with Crippen LogP contribution in [0.2, 0.25) is 0 Å². The van der Waals surface area contributed by atoms with E-state index in [0.29, 0.717) is 38.9 Å². The maximum atomic E-state index is 14.2. The molecule has 0 bridgehead atoms. The Morgan fingerprint density at radius 3 is 1.52 bits per heavy atom. The van der Waals surface area contributed by atoms with Crippen molar-refractivity contribution < 1.29 is 0 Å². The van der Waals surface area contributed by atoms with Crippen molar-refractivity contribution in [2.75, 3.05) is 0 Å². The maximum absolute atomic E-state index is 14.2. The van der Waals surface area contributed by atoms with E-state index in [-0.39, 0.29) is 11.1 Å². The molecule has 240 valence electrons. The Kier molecular flexibility index (Phi) is 6.09. The summed E-state index contributed by atoms with van der Waals surface area (Å²) in [5.41, 5.74) is 7.65. The van der Waals surface area contributed by atoms with E-state index in [9.17, 15) is 21.0 Å². The third kappa shape index (κ3) is 3.81. The molecule has 52 heavy (non-hydrogen) atoms. The van der Waals surface area contributed by atoms with Gasteiger partial charge in [0.15, 0.2) is 0 Å². The average Bonchev–Trinajstić information content (AvgIpc) is 3.82. The van der Waals surface area contributed by atoms with Crippen molar-refractivity contribution in [3.63, 3.8) is 0 Å². The van der Waals surface area contributed by atoms with Crippen LogP contribution in [0, 0.1) is 39.2 Å². The second-order valence-corrected chi connectivity index (χ2v) is 12.8. The van der Waals surface area contributed by atoms with Gasteiger partial charge in [-0.05, 0) is 42.5 Å². The van der Waals surface area contributed by atoms with E-state index in [1.165, 1.54) is 0 Å². The predicted octanol–water partition coefficient (Wildman–Crippen LogP) is 10.6. The summed E-state index contributed by atoms with van der Waals surface area (Å²) in [5.74, 6) is 0. The van der Waals surface area contributed by atoms with Crippen LogP contribution in [0.1, 0.15) is 16.7 Å². The highest BCUT2D eigenvalue weighted by Gasteiger charge is 2.25. The molecule has 3 heterocycles. The van der Waals surface area contributed by atoms with Gasteiger partial charge in [0.25, 0.3) is 0 Å². The van der Waals surface area contributed by atoms with E-state index in [2.05, 4.69) is 47.0 Å². The van der Waals surface area contributed by atoms with Gasteiger partial charge in [0.2, 0.25) is 0 Å². The first-order valence-electron chi connectivity index (χ1n) is 16.8. The number of aromatic nitrogens is 3. The highest BCUT2D eigenvalue weighted by molar-refractivity contribution is 6.23. The standard InChI is InChI=1S/C45H23N6O/c46-24-27-17-19-35(30-20-18-29(23-28(30)25-47)49-39-13-5-1-9-31(39)32-10-2-6-14-40(32)49)43(38(27)26-48)50-41-15-7-3-11-33(41)36-21-22-37-34-12-4-8-16-42(34)51(52)45(37)44(36)50/h1-23H/q-1. The number of hydrogen-bond acceptors (Lipinski definition) is 4. The highest BCUT2D eigenvalue weighted by Crippen LogP contribution is 2.44. The first-order valence-corrected chi connectivity index (χ1v) is 16.8. The van der Waals surface area contributed by atoms with Crippen LogP contribution >= 0.6 is 0 Å². The van der Waals surface area contributed by atoms with Gasteiger partial charge >= 0.3 is 0 Å². The molecule has 0 fully saturated rings. The third-order valence-electron chi connectivity index (χ3n) is 10.3. The lowest BCUT2D eigenvalue weighted by atomic mass is 9.93. The van der Waals surface area contributed by atoms with Crippen molar-refractivity contribution >= 4 is 65.4 Å². The van der Waals surface area contributed by atoms with Gasteiger partial charge < -0.3 is 19.1 Å². The molecule has 0 radical (unpaired) electrons. The number of benzene rings is 7. The Labute approximate surface area is 296 Å². The molecule has 0 unspecified atom stereocenters. The number of nitrogens with zero attached hydrogens (tertiary/aromatic N) is 6. The van der Waals surface area contributed by atoms with Gasteiger partial charge in [-0.1, -0.05) is 97.1 Å². The fourth-order valence-electron chi connectivity index (χ4n) is 8.14. The number of rotatable bonds is 3. The van der Waals surface area contributed by atoms with Crippen LogP contribution in [0.25, 0.3) is 87.9 Å². The van der Waals surface area contributed by atoms with E-state index in [0.717, 1.165) is 59.3 Å². The zero-order valence-electron chi connectivity index (χ0n) is 27.4. The van der Waals surface area contributed by atoms with Crippen LogP contribution in [-0.4, -0.2) is 13.9 Å². The van der Waals surface area contributed by atoms with Crippen molar-refractivity contribution in [3.05, 3.63) is 161 Å². The molecule has 0 aliphatic rings. The molecule has 0 aliphatic carbocycles. The molecular formula is C45H23N6O-. The number of para-hydroxylation sites is 4. The summed E-state index contributed by atoms with van der Waals surface area (Å²) in [6.45, 7) is 0. The van der Waals surface area contributed by atoms with E-state index >= 15 is 0 Å². The van der Waals surface area contributed by atoms with E-state index in [1.807, 2.05) is 108 Å². The minimum atomic E-state index is 0.156. The van der Waals surface area contributed by atoms with Gasteiger partial charge in [-0.15, -0.1) is 0 Å². The Bertz CT molecular complexity index is 3250. The second-order valence-electron chi connectivity index (χ2n) is 12.8. The maximum Gasteiger partial charge on any atom is 0.103 e. The molecule has 0 N–H and O–H groups in total. The van der Waals surface area contributed by atoms with Crippen LogP contribution in [-0.2, 0) is 0 Å². The number of hydrogen-bond donors (Lipinski definition) is 0. The lowest BCUT2D eigenvalue weighted by Gasteiger charge is -2.19. The quantitative estimate of drug-likeness (QED) is 0.187. The summed E-state index contributed by atoms with van der Waals surface area (Å²) in [6.07, 6.45) is 0. The van der Waals surface area contributed by atoms with E-state index < -0.39 is 0 Å². The fourth-order valence-corrected chi connectivity index (χ4v) is 8.14. The van der Waals surface area contributed by atoms with Crippen LogP contribution in [0.3, 0.4) is 0 Å². The first kappa shape index (κ1) is 29.2. The Balaban J connectivity index is 1.32. The number of nitriles is 3. The highest BCUT2D eigenvalue weighted by atomic mass is 16.5. The van der Waals surface area contributed by atoms with Crippen LogP contribution in [0.4, 0.5) is 0 Å². The molecule has 7 nitrogen and oxygen atoms in total. The summed E-state index contributed by atoms with van der Waals surface area (Å²) in [5, 5.41) is 51.5. The first-order chi connectivity index (χ1) is 25.6. The molecule has 0 aliphatic heterocycles. The fraction of sp³-hybridized carbons (Fsp3) is 0. The molecular weight excluding hydrogens is 641 g/mol. The molecule has 7 aromatic carbocycles. The molecule has 10 aromatic rings. The second kappa shape index (κ2) is 10.9. The Morgan fingerprint density at radius 1 is 0.423 bits per heavy atom. The molecule has 7 heteroatoms. The molecule has 10 rings (SSSR count). The Hall–Kier alpha value is -7.79. The van der Waals surface area contributed by atoms with Crippen molar-refractivity contribution in [2.24, 2.45) is 0 Å². The molecule has 3 aromatic heterocycles. The largest absolute Gasteiger partial charge is 0.805 e. The summed E-state index contributed by atoms with van der Waals surface area (Å²) in [7, 11) is 0. The van der Waals surface area contributed by atoms with Crippen molar-refractivity contribution in [3.8, 4) is 40.7 Å². The van der Waals surface area contributed by atoms with Crippen molar-refractivity contribution in [1.29, 1.82) is 15.8 Å². The zero-order chi connectivity index (χ0) is 35.1. The van der Waals surface area contributed by atoms with Gasteiger partial charge in [0.1, 0.15) is 12.1 Å². The van der Waals surface area contributed by atoms with Gasteiger partial charge in [-0.3, -0.25) is 0 Å². The average molecular weight is 664 g/mol. The van der Waals surface area contributed by atoms with Gasteiger partial charge in [0.05, 0.1) is 56.0 Å². The summed E-state index contributed by atoms with van der Waals surface area (Å²) in [4.78, 5) is 0. The van der Waals surface area contributed by atoms with Crippen LogP contribution in [0.15, 0.2) is 140 Å². The minimum absolute atomic E-state index is 0.156. The van der Waals surface area contributed by atoms with Crippen molar-refractivity contribution in [1.82, 2.24) is 13.9 Å². The smallest absolute Gasteiger partial charge is 0.103 e. The molecule has 0 saturated carbocycles. The summed E-state index contributed by atoms with van der Waals surface area (Å²) < 4.78 is 5.06. The van der Waals surface area contributed by atoms with Crippen LogP contribution < -0.4 is 0 Å². The Morgan fingerprint density at radius 2 is 0.923 bits per heavy atom. The SMILES string of the molecule is N#Cc1cc(-n2c3ccccc3c3ccccc32)ccc1-c1ccc(C#N)c(C#N)c1-n1c2ccccc2c2ccc3c4ccccc4n([O-])c3c21. The molecule has 0 amide bonds. The van der Waals surface area contributed by atoms with Crippen molar-refractivity contribution in [2.45, 2.75) is 0 Å². The zero-order valence-corrected chi connectivity index (χ0v) is 27.4. The van der Waals surface area contributed by atoms with Gasteiger partial charge in [-0.25, -0.2) is 0 Å². The van der Waals surface area contributed by atoms with Crippen LogP contribution in [0.5, 0.6) is 0 Å². The lowest BCUT2D eigenvalue weighted by Crippen LogP contribution is -2.05. The molecule has 0 atom stereocenters. The number of fused-ring (bicyclic) bond motifs is 10. The summed E-state index contributed by atoms with van der Waals surface area (Å²) in [6, 6.07) is 51.9. The molecule has 0 saturated heterocycles. The van der Waals surface area contributed by atoms with E-state index in [4.69, 9.17) is 0 Å².